The molecule has 0 saturated carbocycles. The van der Waals surface area contributed by atoms with Crippen molar-refractivity contribution in [2.45, 2.75) is 13.0 Å². The van der Waals surface area contributed by atoms with E-state index < -0.39 is 17.9 Å². The highest BCUT2D eigenvalue weighted by atomic mass is 32.1. The number of hydrogen-bond donors (Lipinski definition) is 2. The van der Waals surface area contributed by atoms with Gasteiger partial charge in [0.25, 0.3) is 5.91 Å². The molecule has 1 unspecified atom stereocenters. The van der Waals surface area contributed by atoms with E-state index in [2.05, 4.69) is 19.6 Å². The van der Waals surface area contributed by atoms with Crippen molar-refractivity contribution in [3.63, 3.8) is 0 Å². The maximum atomic E-state index is 11.3. The van der Waals surface area contributed by atoms with Gasteiger partial charge in [-0.05, 0) is 6.92 Å². The van der Waals surface area contributed by atoms with Crippen LogP contribution < -0.4 is 11.1 Å². The lowest BCUT2D eigenvalue weighted by molar-refractivity contribution is -0.146. The number of esters is 1. The lowest BCUT2D eigenvalue weighted by Gasteiger charge is -2.09. The second-order valence-corrected chi connectivity index (χ2v) is 3.29. The molecule has 0 aliphatic rings. The summed E-state index contributed by atoms with van der Waals surface area (Å²) in [4.78, 5) is 22.4. The van der Waals surface area contributed by atoms with Crippen LogP contribution in [0.15, 0.2) is 6.20 Å². The van der Waals surface area contributed by atoms with Gasteiger partial charge in [0.15, 0.2) is 6.04 Å². The van der Waals surface area contributed by atoms with Crippen LogP contribution in [-0.4, -0.2) is 34.1 Å². The predicted octanol–water partition coefficient (Wildman–Crippen LogP) is -0.633. The quantitative estimate of drug-likeness (QED) is 0.526. The third-order valence-corrected chi connectivity index (χ3v) is 2.01. The minimum absolute atomic E-state index is 0.182. The van der Waals surface area contributed by atoms with Gasteiger partial charge in [-0.3, -0.25) is 4.79 Å². The number of nitrogens with two attached hydrogens (primary N) is 1. The smallest absolute Gasteiger partial charge is 0.332 e. The van der Waals surface area contributed by atoms with Gasteiger partial charge in [-0.1, -0.05) is 4.49 Å². The Bertz CT molecular complexity index is 340. The molecule has 1 heterocycles. The number of hydrogen-bond acceptors (Lipinski definition) is 7. The zero-order valence-corrected chi connectivity index (χ0v) is 8.78. The molecule has 1 aromatic heterocycles. The Morgan fingerprint density at radius 2 is 2.47 bits per heavy atom. The van der Waals surface area contributed by atoms with Gasteiger partial charge in [-0.2, -0.15) is 0 Å². The molecule has 1 atom stereocenters. The molecule has 0 aliphatic carbocycles. The van der Waals surface area contributed by atoms with Crippen LogP contribution in [0.3, 0.4) is 0 Å². The van der Waals surface area contributed by atoms with Crippen LogP contribution in [0.4, 0.5) is 5.00 Å². The Hall–Kier alpha value is -1.54. The highest BCUT2D eigenvalue weighted by Gasteiger charge is 2.23. The number of rotatable bonds is 4. The monoisotopic (exact) mass is 230 g/mol. The van der Waals surface area contributed by atoms with E-state index in [0.29, 0.717) is 5.00 Å². The summed E-state index contributed by atoms with van der Waals surface area (Å²) < 4.78 is 8.13. The molecule has 0 aromatic carbocycles. The summed E-state index contributed by atoms with van der Waals surface area (Å²) in [6, 6.07) is -1.33. The molecule has 1 rings (SSSR count). The highest BCUT2D eigenvalue weighted by Crippen LogP contribution is 2.09. The normalized spacial score (nSPS) is 11.9. The molecule has 0 fully saturated rings. The molecule has 7 nitrogen and oxygen atoms in total. The first-order valence-electron chi connectivity index (χ1n) is 4.15. The van der Waals surface area contributed by atoms with Crippen LogP contribution >= 0.6 is 11.5 Å². The summed E-state index contributed by atoms with van der Waals surface area (Å²) in [6.45, 7) is 1.82. The SMILES string of the molecule is CCOC(=O)C(N)C(=O)Nc1cnns1. The fraction of sp³-hybridized carbons (Fsp3) is 0.429. The maximum Gasteiger partial charge on any atom is 0.332 e. The van der Waals surface area contributed by atoms with Crippen molar-refractivity contribution in [1.29, 1.82) is 0 Å². The fourth-order valence-corrected chi connectivity index (χ4v) is 1.18. The van der Waals surface area contributed by atoms with Crippen LogP contribution in [-0.2, 0) is 14.3 Å². The van der Waals surface area contributed by atoms with E-state index in [-0.39, 0.29) is 6.61 Å². The van der Waals surface area contributed by atoms with Crippen LogP contribution in [0.2, 0.25) is 0 Å². The van der Waals surface area contributed by atoms with Crippen molar-refractivity contribution in [2.75, 3.05) is 11.9 Å². The van der Waals surface area contributed by atoms with Gasteiger partial charge in [0, 0.05) is 11.5 Å². The average molecular weight is 230 g/mol. The molecular weight excluding hydrogens is 220 g/mol. The van der Waals surface area contributed by atoms with Gasteiger partial charge in [-0.15, -0.1) is 5.10 Å². The molecular formula is C7H10N4O3S. The van der Waals surface area contributed by atoms with E-state index in [0.717, 1.165) is 11.5 Å². The average Bonchev–Trinajstić information content (AvgIpc) is 2.69. The Balaban J connectivity index is 2.50. The fourth-order valence-electron chi connectivity index (χ4n) is 0.760. The lowest BCUT2D eigenvalue weighted by Crippen LogP contribution is -2.43. The number of carbonyl (C=O) groups is 2. The van der Waals surface area contributed by atoms with E-state index in [4.69, 9.17) is 5.73 Å². The second kappa shape index (κ2) is 5.37. The van der Waals surface area contributed by atoms with Crippen molar-refractivity contribution in [1.82, 2.24) is 9.59 Å². The summed E-state index contributed by atoms with van der Waals surface area (Å²) in [5.41, 5.74) is 5.34. The van der Waals surface area contributed by atoms with Crippen LogP contribution in [0, 0.1) is 0 Å². The molecule has 0 aliphatic heterocycles. The molecule has 0 saturated heterocycles. The van der Waals surface area contributed by atoms with Crippen molar-refractivity contribution >= 4 is 28.4 Å². The van der Waals surface area contributed by atoms with Gasteiger partial charge in [0.1, 0.15) is 5.00 Å². The summed E-state index contributed by atoms with van der Waals surface area (Å²) in [7, 11) is 0. The third-order valence-electron chi connectivity index (χ3n) is 1.43. The topological polar surface area (TPSA) is 107 Å². The molecule has 15 heavy (non-hydrogen) atoms. The number of carbonyl (C=O) groups excluding carboxylic acids is 2. The summed E-state index contributed by atoms with van der Waals surface area (Å²) in [5, 5.41) is 6.33. The van der Waals surface area contributed by atoms with E-state index in [1.165, 1.54) is 6.20 Å². The Labute approximate surface area is 89.8 Å². The van der Waals surface area contributed by atoms with Gasteiger partial charge in [0.2, 0.25) is 0 Å². The van der Waals surface area contributed by atoms with Crippen molar-refractivity contribution in [3.8, 4) is 0 Å². The van der Waals surface area contributed by atoms with Crippen LogP contribution in [0.1, 0.15) is 6.92 Å². The Morgan fingerprint density at radius 3 is 3.00 bits per heavy atom. The largest absolute Gasteiger partial charge is 0.464 e. The second-order valence-electron chi connectivity index (χ2n) is 2.50. The molecule has 82 valence electrons. The summed E-state index contributed by atoms with van der Waals surface area (Å²) >= 11 is 0.993. The first-order chi connectivity index (χ1) is 7.15. The van der Waals surface area contributed by atoms with Gasteiger partial charge < -0.3 is 15.8 Å². The van der Waals surface area contributed by atoms with Gasteiger partial charge in [0.05, 0.1) is 12.8 Å². The first kappa shape index (κ1) is 11.5. The minimum Gasteiger partial charge on any atom is -0.464 e. The number of anilines is 1. The highest BCUT2D eigenvalue weighted by molar-refractivity contribution is 7.10. The van der Waals surface area contributed by atoms with Crippen molar-refractivity contribution in [2.24, 2.45) is 5.73 Å². The maximum absolute atomic E-state index is 11.3. The van der Waals surface area contributed by atoms with E-state index in [9.17, 15) is 9.59 Å². The molecule has 0 radical (unpaired) electrons. The van der Waals surface area contributed by atoms with Gasteiger partial charge >= 0.3 is 5.97 Å². The summed E-state index contributed by atoms with van der Waals surface area (Å²) in [5.74, 6) is -1.40. The standard InChI is InChI=1S/C7H10N4O3S/c1-2-14-7(13)5(8)6(12)10-4-3-9-11-15-4/h3,5H,2,8H2,1H3,(H,10,12). The molecule has 1 aromatic rings. The van der Waals surface area contributed by atoms with Crippen molar-refractivity contribution in [3.05, 3.63) is 6.20 Å². The van der Waals surface area contributed by atoms with Crippen molar-refractivity contribution < 1.29 is 14.3 Å². The Kier molecular flexibility index (Phi) is 4.13. The van der Waals surface area contributed by atoms with Gasteiger partial charge in [-0.25, -0.2) is 4.79 Å². The minimum atomic E-state index is -1.33. The number of nitrogens with one attached hydrogen (secondary N) is 1. The molecule has 0 bridgehead atoms. The van der Waals surface area contributed by atoms with E-state index in [1.54, 1.807) is 6.92 Å². The zero-order valence-electron chi connectivity index (χ0n) is 7.97. The summed E-state index contributed by atoms with van der Waals surface area (Å²) in [6.07, 6.45) is 1.36. The number of aromatic nitrogens is 2. The molecule has 8 heteroatoms. The Morgan fingerprint density at radius 1 is 1.73 bits per heavy atom. The number of nitrogens with zero attached hydrogens (tertiary/aromatic N) is 2. The van der Waals surface area contributed by atoms with E-state index >= 15 is 0 Å². The number of ether oxygens (including phenoxy) is 1. The molecule has 1 amide bonds. The molecule has 3 N–H and O–H groups in total. The first-order valence-corrected chi connectivity index (χ1v) is 4.93. The van der Waals surface area contributed by atoms with Crippen LogP contribution in [0.25, 0.3) is 0 Å². The van der Waals surface area contributed by atoms with E-state index in [1.807, 2.05) is 0 Å². The third kappa shape index (κ3) is 3.26. The number of amides is 1. The van der Waals surface area contributed by atoms with Crippen LogP contribution in [0.5, 0.6) is 0 Å². The zero-order chi connectivity index (χ0) is 11.3. The molecule has 0 spiro atoms. The predicted molar refractivity (Wildman–Crippen MR) is 53.1 cm³/mol. The lowest BCUT2D eigenvalue weighted by atomic mass is 10.3.